The molecule has 78 valence electrons. The molecule has 1 fully saturated rings. The lowest BCUT2D eigenvalue weighted by Crippen LogP contribution is -2.34. The second-order valence-electron chi connectivity index (χ2n) is 5.18. The van der Waals surface area contributed by atoms with E-state index in [1.54, 1.807) is 0 Å². The summed E-state index contributed by atoms with van der Waals surface area (Å²) in [5.41, 5.74) is 0.836. The second kappa shape index (κ2) is 4.00. The van der Waals surface area contributed by atoms with Gasteiger partial charge in [0.25, 0.3) is 0 Å². The fourth-order valence-corrected chi connectivity index (χ4v) is 2.36. The number of hydrogen-bond donors (Lipinski definition) is 1. The Morgan fingerprint density at radius 2 is 1.54 bits per heavy atom. The van der Waals surface area contributed by atoms with Crippen LogP contribution in [0.1, 0.15) is 59.3 Å². The Labute approximate surface area is 82.5 Å². The zero-order valence-electron chi connectivity index (χ0n) is 9.40. The molecule has 0 atom stereocenters. The van der Waals surface area contributed by atoms with Crippen molar-refractivity contribution in [2.75, 3.05) is 6.61 Å². The van der Waals surface area contributed by atoms with Gasteiger partial charge in [0.05, 0.1) is 0 Å². The zero-order valence-corrected chi connectivity index (χ0v) is 9.40. The normalized spacial score (nSPS) is 40.6. The fourth-order valence-electron chi connectivity index (χ4n) is 2.36. The Hall–Kier alpha value is -0.0400. The Kier molecular flexibility index (Phi) is 3.39. The van der Waals surface area contributed by atoms with Crippen molar-refractivity contribution < 1.29 is 5.11 Å². The highest BCUT2D eigenvalue weighted by atomic mass is 16.3. The predicted molar refractivity (Wildman–Crippen MR) is 56.7 cm³/mol. The minimum atomic E-state index is 0.272. The molecule has 0 bridgehead atoms. The van der Waals surface area contributed by atoms with Gasteiger partial charge in [-0.1, -0.05) is 27.2 Å². The molecule has 0 radical (unpaired) electrons. The van der Waals surface area contributed by atoms with Crippen LogP contribution in [-0.4, -0.2) is 11.7 Å². The molecule has 0 aromatic carbocycles. The van der Waals surface area contributed by atoms with E-state index in [1.807, 2.05) is 0 Å². The Morgan fingerprint density at radius 1 is 1.00 bits per heavy atom. The van der Waals surface area contributed by atoms with Crippen LogP contribution in [0.25, 0.3) is 0 Å². The van der Waals surface area contributed by atoms with Crippen LogP contribution >= 0.6 is 0 Å². The van der Waals surface area contributed by atoms with E-state index >= 15 is 0 Å². The minimum Gasteiger partial charge on any atom is -0.396 e. The Morgan fingerprint density at radius 3 is 1.85 bits per heavy atom. The lowest BCUT2D eigenvalue weighted by molar-refractivity contribution is 0.0292. The number of aliphatic hydroxyl groups is 1. The number of rotatable bonds is 3. The first-order valence-electron chi connectivity index (χ1n) is 5.71. The van der Waals surface area contributed by atoms with E-state index in [0.717, 1.165) is 6.42 Å². The van der Waals surface area contributed by atoms with Crippen LogP contribution in [0.2, 0.25) is 0 Å². The summed E-state index contributed by atoms with van der Waals surface area (Å²) < 4.78 is 0. The zero-order chi connectivity index (χ0) is 9.95. The standard InChI is InChI=1S/C12H24O/c1-4-11(3)6-8-12(5-2,10-13)9-7-11/h13H,4-10H2,1-3H3. The molecule has 0 aromatic rings. The van der Waals surface area contributed by atoms with Crippen molar-refractivity contribution in [3.05, 3.63) is 0 Å². The monoisotopic (exact) mass is 184 g/mol. The molecule has 0 spiro atoms. The summed E-state index contributed by atoms with van der Waals surface area (Å²) in [6, 6.07) is 0. The van der Waals surface area contributed by atoms with Gasteiger partial charge in [0.2, 0.25) is 0 Å². The minimum absolute atomic E-state index is 0.272. The topological polar surface area (TPSA) is 20.2 Å². The highest BCUT2D eigenvalue weighted by Gasteiger charge is 2.37. The Balaban J connectivity index is 2.54. The molecule has 0 saturated heterocycles. The maximum Gasteiger partial charge on any atom is 0.0487 e. The molecule has 1 nitrogen and oxygen atoms in total. The molecule has 1 aliphatic carbocycles. The highest BCUT2D eigenvalue weighted by Crippen LogP contribution is 2.48. The van der Waals surface area contributed by atoms with Crippen molar-refractivity contribution >= 4 is 0 Å². The van der Waals surface area contributed by atoms with E-state index < -0.39 is 0 Å². The molecule has 1 heteroatoms. The van der Waals surface area contributed by atoms with Gasteiger partial charge in [-0.05, 0) is 42.9 Å². The summed E-state index contributed by atoms with van der Waals surface area (Å²) in [5.74, 6) is 0. The van der Waals surface area contributed by atoms with E-state index in [2.05, 4.69) is 20.8 Å². The summed E-state index contributed by atoms with van der Waals surface area (Å²) in [7, 11) is 0. The third kappa shape index (κ3) is 2.25. The largest absolute Gasteiger partial charge is 0.396 e. The van der Waals surface area contributed by atoms with Crippen molar-refractivity contribution in [2.45, 2.75) is 59.3 Å². The average molecular weight is 184 g/mol. The van der Waals surface area contributed by atoms with Crippen molar-refractivity contribution in [1.82, 2.24) is 0 Å². The van der Waals surface area contributed by atoms with Crippen LogP contribution in [0.5, 0.6) is 0 Å². The maximum absolute atomic E-state index is 9.38. The molecule has 0 aliphatic heterocycles. The summed E-state index contributed by atoms with van der Waals surface area (Å²) >= 11 is 0. The van der Waals surface area contributed by atoms with Crippen LogP contribution in [0, 0.1) is 10.8 Å². The van der Waals surface area contributed by atoms with E-state index in [9.17, 15) is 5.11 Å². The van der Waals surface area contributed by atoms with E-state index in [0.29, 0.717) is 12.0 Å². The van der Waals surface area contributed by atoms with Gasteiger partial charge in [0.1, 0.15) is 0 Å². The van der Waals surface area contributed by atoms with Crippen LogP contribution in [0.4, 0.5) is 0 Å². The molecule has 1 saturated carbocycles. The molecule has 0 amide bonds. The van der Waals surface area contributed by atoms with E-state index in [1.165, 1.54) is 32.1 Å². The lowest BCUT2D eigenvalue weighted by atomic mass is 9.63. The van der Waals surface area contributed by atoms with Crippen molar-refractivity contribution in [3.63, 3.8) is 0 Å². The fraction of sp³-hybridized carbons (Fsp3) is 1.00. The molecule has 1 aliphatic rings. The summed E-state index contributed by atoms with van der Waals surface area (Å²) in [5, 5.41) is 9.38. The smallest absolute Gasteiger partial charge is 0.0487 e. The third-order valence-electron chi connectivity index (χ3n) is 4.46. The van der Waals surface area contributed by atoms with Gasteiger partial charge < -0.3 is 5.11 Å². The number of aliphatic hydroxyl groups excluding tert-OH is 1. The summed E-state index contributed by atoms with van der Waals surface area (Å²) in [4.78, 5) is 0. The average Bonchev–Trinajstić information content (AvgIpc) is 2.20. The molecule has 0 aromatic heterocycles. The first kappa shape index (κ1) is 11.0. The quantitative estimate of drug-likeness (QED) is 0.713. The van der Waals surface area contributed by atoms with Gasteiger partial charge in [-0.2, -0.15) is 0 Å². The van der Waals surface area contributed by atoms with E-state index in [-0.39, 0.29) is 5.41 Å². The first-order chi connectivity index (χ1) is 6.10. The van der Waals surface area contributed by atoms with Gasteiger partial charge in [0.15, 0.2) is 0 Å². The highest BCUT2D eigenvalue weighted by molar-refractivity contribution is 4.89. The van der Waals surface area contributed by atoms with Crippen molar-refractivity contribution in [1.29, 1.82) is 0 Å². The SMILES string of the molecule is CCC1(C)CCC(CC)(CO)CC1. The molecule has 0 heterocycles. The third-order valence-corrected chi connectivity index (χ3v) is 4.46. The molecular formula is C12H24O. The summed E-state index contributed by atoms with van der Waals surface area (Å²) in [6.45, 7) is 7.29. The molecule has 0 unspecified atom stereocenters. The summed E-state index contributed by atoms with van der Waals surface area (Å²) in [6.07, 6.45) is 7.49. The van der Waals surface area contributed by atoms with Crippen LogP contribution < -0.4 is 0 Å². The van der Waals surface area contributed by atoms with Gasteiger partial charge in [-0.25, -0.2) is 0 Å². The number of hydrogen-bond acceptors (Lipinski definition) is 1. The molecule has 1 N–H and O–H groups in total. The lowest BCUT2D eigenvalue weighted by Gasteiger charge is -2.43. The second-order valence-corrected chi connectivity index (χ2v) is 5.18. The van der Waals surface area contributed by atoms with Crippen LogP contribution in [-0.2, 0) is 0 Å². The Bertz CT molecular complexity index is 149. The molecular weight excluding hydrogens is 160 g/mol. The molecule has 1 rings (SSSR count). The molecule has 13 heavy (non-hydrogen) atoms. The van der Waals surface area contributed by atoms with Gasteiger partial charge in [-0.3, -0.25) is 0 Å². The van der Waals surface area contributed by atoms with Crippen molar-refractivity contribution in [2.24, 2.45) is 10.8 Å². The first-order valence-corrected chi connectivity index (χ1v) is 5.71. The van der Waals surface area contributed by atoms with E-state index in [4.69, 9.17) is 0 Å². The maximum atomic E-state index is 9.38. The van der Waals surface area contributed by atoms with Crippen molar-refractivity contribution in [3.8, 4) is 0 Å². The van der Waals surface area contributed by atoms with Crippen LogP contribution in [0.3, 0.4) is 0 Å². The van der Waals surface area contributed by atoms with Gasteiger partial charge in [-0.15, -0.1) is 0 Å². The van der Waals surface area contributed by atoms with Gasteiger partial charge >= 0.3 is 0 Å². The predicted octanol–water partition coefficient (Wildman–Crippen LogP) is 3.37. The van der Waals surface area contributed by atoms with Gasteiger partial charge in [0, 0.05) is 6.61 Å². The van der Waals surface area contributed by atoms with Crippen LogP contribution in [0.15, 0.2) is 0 Å².